The molecule has 0 spiro atoms. The summed E-state index contributed by atoms with van der Waals surface area (Å²) in [5, 5.41) is 12.7. The van der Waals surface area contributed by atoms with Crippen molar-refractivity contribution in [3.63, 3.8) is 0 Å². The van der Waals surface area contributed by atoms with Crippen LogP contribution in [0.2, 0.25) is 0 Å². The molecule has 1 unspecified atom stereocenters. The summed E-state index contributed by atoms with van der Waals surface area (Å²) in [4.78, 5) is 14.9. The van der Waals surface area contributed by atoms with Crippen molar-refractivity contribution in [3.05, 3.63) is 54.1 Å². The summed E-state index contributed by atoms with van der Waals surface area (Å²) in [5.41, 5.74) is 5.70. The zero-order valence-corrected chi connectivity index (χ0v) is 16.8. The second-order valence-corrected chi connectivity index (χ2v) is 7.31. The van der Waals surface area contributed by atoms with Crippen molar-refractivity contribution >= 4 is 17.4 Å². The molecule has 1 saturated heterocycles. The van der Waals surface area contributed by atoms with Crippen LogP contribution in [0.1, 0.15) is 5.56 Å². The van der Waals surface area contributed by atoms with Gasteiger partial charge < -0.3 is 25.8 Å². The van der Waals surface area contributed by atoms with Gasteiger partial charge in [0.1, 0.15) is 18.5 Å². The Kier molecular flexibility index (Phi) is 7.24. The van der Waals surface area contributed by atoms with Crippen molar-refractivity contribution in [2.24, 2.45) is 5.73 Å². The van der Waals surface area contributed by atoms with Gasteiger partial charge in [0, 0.05) is 44.1 Å². The first-order valence-electron chi connectivity index (χ1n) is 9.82. The number of nitrogens with zero attached hydrogens (tertiary/aromatic N) is 2. The summed E-state index contributed by atoms with van der Waals surface area (Å²) < 4.78 is 43.7. The van der Waals surface area contributed by atoms with E-state index in [9.17, 15) is 23.1 Å². The number of nitrogens with two attached hydrogens (primary N) is 1. The Morgan fingerprint density at radius 3 is 2.23 bits per heavy atom. The molecular weight excluding hydrogens is 413 g/mol. The Bertz CT molecular complexity index is 852. The van der Waals surface area contributed by atoms with Crippen molar-refractivity contribution in [1.82, 2.24) is 4.90 Å². The average Bonchev–Trinajstić information content (AvgIpc) is 2.73. The maximum Gasteiger partial charge on any atom is 0.416 e. The van der Waals surface area contributed by atoms with Gasteiger partial charge >= 0.3 is 12.2 Å². The van der Waals surface area contributed by atoms with E-state index in [1.54, 1.807) is 24.3 Å². The highest BCUT2D eigenvalue weighted by molar-refractivity contribution is 5.87. The van der Waals surface area contributed by atoms with Crippen LogP contribution in [0.4, 0.5) is 29.3 Å². The van der Waals surface area contributed by atoms with Crippen LogP contribution in [-0.2, 0) is 6.18 Å². The zero-order valence-electron chi connectivity index (χ0n) is 16.8. The van der Waals surface area contributed by atoms with Crippen molar-refractivity contribution < 1.29 is 27.8 Å². The molecule has 1 aliphatic rings. The third kappa shape index (κ3) is 6.76. The van der Waals surface area contributed by atoms with Crippen LogP contribution in [-0.4, -0.2) is 61.5 Å². The lowest BCUT2D eigenvalue weighted by Gasteiger charge is -2.37. The highest BCUT2D eigenvalue weighted by Crippen LogP contribution is 2.30. The first kappa shape index (κ1) is 22.7. The van der Waals surface area contributed by atoms with E-state index < -0.39 is 23.9 Å². The van der Waals surface area contributed by atoms with Crippen LogP contribution in [0.15, 0.2) is 48.5 Å². The summed E-state index contributed by atoms with van der Waals surface area (Å²) >= 11 is 0. The number of anilines is 2. The molecule has 2 aromatic rings. The maximum atomic E-state index is 12.7. The van der Waals surface area contributed by atoms with E-state index in [2.05, 4.69) is 10.2 Å². The second kappa shape index (κ2) is 9.88. The highest BCUT2D eigenvalue weighted by Gasteiger charge is 2.30. The minimum atomic E-state index is -4.34. The quantitative estimate of drug-likeness (QED) is 0.619. The smallest absolute Gasteiger partial charge is 0.416 e. The highest BCUT2D eigenvalue weighted by atomic mass is 19.4. The molecule has 31 heavy (non-hydrogen) atoms. The number of alkyl halides is 3. The molecule has 1 atom stereocenters. The van der Waals surface area contributed by atoms with Gasteiger partial charge in [-0.2, -0.15) is 13.2 Å². The molecule has 7 nitrogen and oxygen atoms in total. The molecule has 10 heteroatoms. The third-order valence-electron chi connectivity index (χ3n) is 4.97. The van der Waals surface area contributed by atoms with Crippen LogP contribution < -0.4 is 20.7 Å². The Labute approximate surface area is 178 Å². The lowest BCUT2D eigenvalue weighted by molar-refractivity contribution is -0.137. The molecular formula is C21H25F3N4O3. The maximum absolute atomic E-state index is 12.7. The van der Waals surface area contributed by atoms with E-state index >= 15 is 0 Å². The number of benzene rings is 2. The number of halogens is 3. The van der Waals surface area contributed by atoms with Gasteiger partial charge in [0.2, 0.25) is 0 Å². The number of hydrogen-bond acceptors (Lipinski definition) is 5. The Hall–Kier alpha value is -2.98. The normalized spacial score (nSPS) is 16.1. The molecule has 0 bridgehead atoms. The fraction of sp³-hybridized carbons (Fsp3) is 0.381. The molecule has 1 fully saturated rings. The van der Waals surface area contributed by atoms with Gasteiger partial charge in [-0.15, -0.1) is 0 Å². The summed E-state index contributed by atoms with van der Waals surface area (Å²) in [7, 11) is 0. The van der Waals surface area contributed by atoms with Crippen LogP contribution in [0.25, 0.3) is 0 Å². The Morgan fingerprint density at radius 1 is 1.06 bits per heavy atom. The number of rotatable bonds is 7. The van der Waals surface area contributed by atoms with Gasteiger partial charge in [0.05, 0.1) is 5.56 Å². The largest absolute Gasteiger partial charge is 0.491 e. The first-order valence-corrected chi connectivity index (χ1v) is 9.82. The number of primary amides is 1. The molecule has 168 valence electrons. The second-order valence-electron chi connectivity index (χ2n) is 7.31. The summed E-state index contributed by atoms with van der Waals surface area (Å²) in [6, 6.07) is 11.2. The van der Waals surface area contributed by atoms with Crippen molar-refractivity contribution in [3.8, 4) is 5.75 Å². The number of amides is 2. The number of β-amino-alcohol motifs (C(OH)–C–C–N with tert-alkyl or cyclic N) is 1. The molecule has 0 saturated carbocycles. The number of nitrogens with one attached hydrogen (secondary N) is 1. The lowest BCUT2D eigenvalue weighted by Crippen LogP contribution is -2.49. The number of ether oxygens (including phenoxy) is 1. The van der Waals surface area contributed by atoms with Crippen LogP contribution in [0, 0.1) is 0 Å². The fourth-order valence-corrected chi connectivity index (χ4v) is 3.37. The van der Waals surface area contributed by atoms with Gasteiger partial charge in [0.25, 0.3) is 0 Å². The van der Waals surface area contributed by atoms with Gasteiger partial charge in [-0.1, -0.05) is 0 Å². The summed E-state index contributed by atoms with van der Waals surface area (Å²) in [6.07, 6.45) is -5.03. The third-order valence-corrected chi connectivity index (χ3v) is 4.97. The van der Waals surface area contributed by atoms with Gasteiger partial charge in [-0.3, -0.25) is 4.90 Å². The monoisotopic (exact) mass is 438 g/mol. The van der Waals surface area contributed by atoms with Crippen molar-refractivity contribution in [2.45, 2.75) is 12.3 Å². The van der Waals surface area contributed by atoms with Crippen molar-refractivity contribution in [1.29, 1.82) is 0 Å². The minimum absolute atomic E-state index is 0.113. The van der Waals surface area contributed by atoms with E-state index in [0.29, 0.717) is 44.2 Å². The fourth-order valence-electron chi connectivity index (χ4n) is 3.37. The van der Waals surface area contributed by atoms with Crippen LogP contribution >= 0.6 is 0 Å². The summed E-state index contributed by atoms with van der Waals surface area (Å²) in [6.45, 7) is 3.24. The summed E-state index contributed by atoms with van der Waals surface area (Å²) in [5.74, 6) is 0.557. The number of aliphatic hydroxyl groups is 1. The minimum Gasteiger partial charge on any atom is -0.491 e. The standard InChI is InChI=1S/C21H25F3N4O3/c22-21(23,24)15-1-5-17(6-2-15)28-11-9-27(10-12-28)13-18(29)14-31-19-7-3-16(4-8-19)26-20(25)30/h1-8,18,29H,9-14H2,(H3,25,26,30). The molecule has 0 aliphatic carbocycles. The average molecular weight is 438 g/mol. The number of urea groups is 1. The molecule has 1 aliphatic heterocycles. The van der Waals surface area contributed by atoms with Crippen LogP contribution in [0.5, 0.6) is 5.75 Å². The van der Waals surface area contributed by atoms with Gasteiger partial charge in [-0.25, -0.2) is 4.79 Å². The SMILES string of the molecule is NC(=O)Nc1ccc(OCC(O)CN2CCN(c3ccc(C(F)(F)F)cc3)CC2)cc1. The van der Waals surface area contributed by atoms with E-state index in [-0.39, 0.29) is 6.61 Å². The predicted octanol–water partition coefficient (Wildman–Crippen LogP) is 2.76. The Balaban J connectivity index is 1.40. The number of piperazine rings is 1. The lowest BCUT2D eigenvalue weighted by atomic mass is 10.1. The van der Waals surface area contributed by atoms with Crippen molar-refractivity contribution in [2.75, 3.05) is 49.5 Å². The number of carbonyl (C=O) groups excluding carboxylic acids is 1. The molecule has 0 aromatic heterocycles. The Morgan fingerprint density at radius 2 is 1.68 bits per heavy atom. The number of aliphatic hydroxyl groups excluding tert-OH is 1. The van der Waals surface area contributed by atoms with Gasteiger partial charge in [-0.05, 0) is 48.5 Å². The van der Waals surface area contributed by atoms with E-state index in [4.69, 9.17) is 10.5 Å². The predicted molar refractivity (Wildman–Crippen MR) is 111 cm³/mol. The molecule has 3 rings (SSSR count). The van der Waals surface area contributed by atoms with E-state index in [1.807, 2.05) is 4.90 Å². The molecule has 4 N–H and O–H groups in total. The van der Waals surface area contributed by atoms with E-state index in [0.717, 1.165) is 17.8 Å². The molecule has 2 amide bonds. The number of carbonyl (C=O) groups is 1. The molecule has 2 aromatic carbocycles. The van der Waals surface area contributed by atoms with E-state index in [1.165, 1.54) is 12.1 Å². The molecule has 0 radical (unpaired) electrons. The molecule has 1 heterocycles. The topological polar surface area (TPSA) is 91.1 Å². The zero-order chi connectivity index (χ0) is 22.4. The number of hydrogen-bond donors (Lipinski definition) is 3. The first-order chi connectivity index (χ1) is 14.7. The van der Waals surface area contributed by atoms with Gasteiger partial charge in [0.15, 0.2) is 0 Å². The van der Waals surface area contributed by atoms with Crippen LogP contribution in [0.3, 0.4) is 0 Å².